The van der Waals surface area contributed by atoms with Crippen LogP contribution in [-0.4, -0.2) is 25.1 Å². The van der Waals surface area contributed by atoms with E-state index >= 15 is 0 Å². The van der Waals surface area contributed by atoms with Crippen LogP contribution in [0, 0.1) is 10.1 Å². The highest BCUT2D eigenvalue weighted by Gasteiger charge is 2.25. The number of H-pyrrole nitrogens is 1. The molecule has 1 saturated carbocycles. The highest BCUT2D eigenvalue weighted by molar-refractivity contribution is 6.32. The van der Waals surface area contributed by atoms with Crippen LogP contribution >= 0.6 is 11.6 Å². The summed E-state index contributed by atoms with van der Waals surface area (Å²) in [6.45, 7) is 0. The minimum atomic E-state index is -0.623. The number of anilines is 2. The van der Waals surface area contributed by atoms with Crippen molar-refractivity contribution < 1.29 is 9.34 Å². The predicted molar refractivity (Wildman–Crippen MR) is 85.2 cm³/mol. The molecule has 3 aromatic rings. The van der Waals surface area contributed by atoms with Crippen LogP contribution in [0.3, 0.4) is 0 Å². The van der Waals surface area contributed by atoms with E-state index < -0.39 is 4.92 Å². The molecule has 0 unspecified atom stereocenters. The van der Waals surface area contributed by atoms with E-state index in [-0.39, 0.29) is 17.5 Å². The van der Waals surface area contributed by atoms with E-state index in [1.165, 1.54) is 18.3 Å². The molecule has 24 heavy (non-hydrogen) atoms. The second-order valence-corrected chi connectivity index (χ2v) is 5.80. The summed E-state index contributed by atoms with van der Waals surface area (Å²) in [7, 11) is 0. The Labute approximate surface area is 140 Å². The van der Waals surface area contributed by atoms with Crippen molar-refractivity contribution in [2.24, 2.45) is 0 Å². The molecule has 0 atom stereocenters. The molecule has 1 aliphatic rings. The van der Waals surface area contributed by atoms with Gasteiger partial charge in [0.2, 0.25) is 0 Å². The molecule has 0 saturated heterocycles. The molecule has 3 heterocycles. The van der Waals surface area contributed by atoms with E-state index in [9.17, 15) is 10.1 Å². The van der Waals surface area contributed by atoms with Crippen LogP contribution in [0.25, 0.3) is 11.6 Å². The van der Waals surface area contributed by atoms with Gasteiger partial charge in [-0.2, -0.15) is 5.10 Å². The maximum Gasteiger partial charge on any atom is 0.433 e. The number of hydrogen-bond donors (Lipinski definition) is 2. The third-order valence-corrected chi connectivity index (χ3v) is 3.87. The Morgan fingerprint density at radius 3 is 2.96 bits per heavy atom. The number of nitrogens with zero attached hydrogens (tertiary/aromatic N) is 4. The molecule has 0 aliphatic heterocycles. The van der Waals surface area contributed by atoms with Crippen LogP contribution in [0.15, 0.2) is 28.8 Å². The monoisotopic (exact) mass is 346 g/mol. The number of aromatic nitrogens is 4. The van der Waals surface area contributed by atoms with Crippen LogP contribution in [-0.2, 0) is 0 Å². The molecular weight excluding hydrogens is 336 g/mol. The number of halogens is 1. The largest absolute Gasteiger partial charge is 0.433 e. The lowest BCUT2D eigenvalue weighted by Gasteiger charge is -2.05. The van der Waals surface area contributed by atoms with Gasteiger partial charge >= 0.3 is 5.88 Å². The van der Waals surface area contributed by atoms with E-state index in [2.05, 4.69) is 25.5 Å². The summed E-state index contributed by atoms with van der Waals surface area (Å²) in [6.07, 6.45) is 3.73. The van der Waals surface area contributed by atoms with Crippen molar-refractivity contribution in [3.8, 4) is 11.6 Å². The van der Waals surface area contributed by atoms with Crippen molar-refractivity contribution >= 4 is 29.1 Å². The summed E-state index contributed by atoms with van der Waals surface area (Å²) < 4.78 is 5.10. The molecule has 9 nitrogen and oxygen atoms in total. The second kappa shape index (κ2) is 5.60. The lowest BCUT2D eigenvalue weighted by Crippen LogP contribution is -1.98. The molecule has 0 aromatic carbocycles. The zero-order valence-corrected chi connectivity index (χ0v) is 12.9. The topological polar surface area (TPSA) is 123 Å². The number of furan rings is 1. The third kappa shape index (κ3) is 2.81. The Hall–Kier alpha value is -2.94. The van der Waals surface area contributed by atoms with Gasteiger partial charge in [0.15, 0.2) is 23.2 Å². The van der Waals surface area contributed by atoms with Gasteiger partial charge in [-0.05, 0) is 18.9 Å². The van der Waals surface area contributed by atoms with Crippen LogP contribution in [0.2, 0.25) is 5.02 Å². The summed E-state index contributed by atoms with van der Waals surface area (Å²) in [5.41, 5.74) is 1.07. The lowest BCUT2D eigenvalue weighted by molar-refractivity contribution is -0.401. The average Bonchev–Trinajstić information content (AvgIpc) is 3.10. The van der Waals surface area contributed by atoms with Gasteiger partial charge in [0.25, 0.3) is 0 Å². The Balaban J connectivity index is 1.61. The molecule has 122 valence electrons. The Bertz CT molecular complexity index is 917. The first kappa shape index (κ1) is 14.6. The molecule has 4 rings (SSSR count). The Morgan fingerprint density at radius 2 is 2.25 bits per heavy atom. The van der Waals surface area contributed by atoms with Crippen molar-refractivity contribution in [2.75, 3.05) is 5.32 Å². The number of aromatic amines is 1. The molecule has 0 bridgehead atoms. The van der Waals surface area contributed by atoms with Crippen LogP contribution in [0.1, 0.15) is 24.5 Å². The molecule has 2 N–H and O–H groups in total. The zero-order chi connectivity index (χ0) is 16.7. The minimum Gasteiger partial charge on any atom is -0.397 e. The third-order valence-electron chi connectivity index (χ3n) is 3.60. The lowest BCUT2D eigenvalue weighted by atomic mass is 10.3. The minimum absolute atomic E-state index is 0.183. The number of nitrogens with one attached hydrogen (secondary N) is 2. The van der Waals surface area contributed by atoms with Crippen molar-refractivity contribution in [3.05, 3.63) is 45.2 Å². The van der Waals surface area contributed by atoms with Crippen molar-refractivity contribution in [1.29, 1.82) is 0 Å². The van der Waals surface area contributed by atoms with E-state index in [1.807, 2.05) is 6.07 Å². The standard InChI is InChI=1S/C14H11ClN6O3/c15-8-6-16-14(10-3-4-12(24-10)21(22)23)18-13(8)17-11-5-9(19-20-11)7-1-2-7/h3-7H,1-2H2,(H2,16,17,18,19,20). The number of hydrogen-bond acceptors (Lipinski definition) is 7. The van der Waals surface area contributed by atoms with E-state index in [0.717, 1.165) is 18.5 Å². The van der Waals surface area contributed by atoms with Gasteiger partial charge in [-0.3, -0.25) is 15.2 Å². The predicted octanol–water partition coefficient (Wildman–Crippen LogP) is 3.64. The molecule has 0 spiro atoms. The quantitative estimate of drug-likeness (QED) is 0.534. The fourth-order valence-electron chi connectivity index (χ4n) is 2.24. The van der Waals surface area contributed by atoms with Gasteiger partial charge in [-0.1, -0.05) is 11.6 Å². The fourth-order valence-corrected chi connectivity index (χ4v) is 2.38. The van der Waals surface area contributed by atoms with Crippen LogP contribution in [0.5, 0.6) is 0 Å². The van der Waals surface area contributed by atoms with E-state index in [1.54, 1.807) is 0 Å². The molecule has 0 amide bonds. The molecular formula is C14H11ClN6O3. The fraction of sp³-hybridized carbons (Fsp3) is 0.214. The first-order chi connectivity index (χ1) is 11.6. The van der Waals surface area contributed by atoms with Gasteiger partial charge in [0.05, 0.1) is 12.3 Å². The zero-order valence-electron chi connectivity index (χ0n) is 12.2. The van der Waals surface area contributed by atoms with Crippen molar-refractivity contribution in [3.63, 3.8) is 0 Å². The van der Waals surface area contributed by atoms with E-state index in [4.69, 9.17) is 16.0 Å². The summed E-state index contributed by atoms with van der Waals surface area (Å²) in [5, 5.41) is 21.2. The summed E-state index contributed by atoms with van der Waals surface area (Å²) >= 11 is 6.11. The Morgan fingerprint density at radius 1 is 1.42 bits per heavy atom. The van der Waals surface area contributed by atoms with E-state index in [0.29, 0.717) is 22.6 Å². The van der Waals surface area contributed by atoms with Gasteiger partial charge in [0.1, 0.15) is 9.95 Å². The normalized spacial score (nSPS) is 13.9. The second-order valence-electron chi connectivity index (χ2n) is 5.39. The smallest absolute Gasteiger partial charge is 0.397 e. The summed E-state index contributed by atoms with van der Waals surface area (Å²) in [4.78, 5) is 18.4. The highest BCUT2D eigenvalue weighted by Crippen LogP contribution is 2.39. The molecule has 1 aliphatic carbocycles. The SMILES string of the molecule is O=[N+]([O-])c1ccc(-c2ncc(Cl)c(Nc3cc(C4CC4)[nH]n3)n2)o1. The van der Waals surface area contributed by atoms with Gasteiger partial charge in [0, 0.05) is 17.7 Å². The summed E-state index contributed by atoms with van der Waals surface area (Å²) in [5.74, 6) is 1.48. The highest BCUT2D eigenvalue weighted by atomic mass is 35.5. The first-order valence-electron chi connectivity index (χ1n) is 7.19. The van der Waals surface area contributed by atoms with Crippen molar-refractivity contribution in [1.82, 2.24) is 20.2 Å². The first-order valence-corrected chi connectivity index (χ1v) is 7.57. The molecule has 0 radical (unpaired) electrons. The molecule has 3 aromatic heterocycles. The number of rotatable bonds is 5. The average molecular weight is 347 g/mol. The number of nitro groups is 1. The Kier molecular flexibility index (Phi) is 3.42. The van der Waals surface area contributed by atoms with Crippen molar-refractivity contribution in [2.45, 2.75) is 18.8 Å². The van der Waals surface area contributed by atoms with Gasteiger partial charge < -0.3 is 9.73 Å². The molecule has 10 heteroatoms. The van der Waals surface area contributed by atoms with Gasteiger partial charge in [-0.25, -0.2) is 9.97 Å². The van der Waals surface area contributed by atoms with Gasteiger partial charge in [-0.15, -0.1) is 0 Å². The summed E-state index contributed by atoms with van der Waals surface area (Å²) in [6, 6.07) is 4.59. The van der Waals surface area contributed by atoms with Crippen LogP contribution < -0.4 is 5.32 Å². The van der Waals surface area contributed by atoms with Crippen LogP contribution in [0.4, 0.5) is 17.5 Å². The maximum atomic E-state index is 10.7. The maximum absolute atomic E-state index is 10.7. The molecule has 1 fully saturated rings.